The van der Waals surface area contributed by atoms with E-state index in [0.717, 1.165) is 11.2 Å². The first-order chi connectivity index (χ1) is 18.4. The molecule has 0 saturated heterocycles. The zero-order valence-electron chi connectivity index (χ0n) is 20.1. The Bertz CT molecular complexity index is 2130. The van der Waals surface area contributed by atoms with Gasteiger partial charge in [0.25, 0.3) is 0 Å². The van der Waals surface area contributed by atoms with Crippen molar-refractivity contribution in [2.45, 2.75) is 0 Å². The lowest BCUT2D eigenvalue weighted by Crippen LogP contribution is -1.88. The molecule has 1 nitrogen and oxygen atoms in total. The molecular weight excluding hydrogens is 448 g/mol. The van der Waals surface area contributed by atoms with Gasteiger partial charge in [0.05, 0.1) is 0 Å². The highest BCUT2D eigenvalue weighted by atomic mass is 16.3. The fourth-order valence-electron chi connectivity index (χ4n) is 6.06. The van der Waals surface area contributed by atoms with Crippen molar-refractivity contribution in [3.63, 3.8) is 0 Å². The fraction of sp³-hybridized carbons (Fsp3) is 0. The largest absolute Gasteiger partial charge is 0.456 e. The number of hydrogen-bond acceptors (Lipinski definition) is 1. The zero-order valence-corrected chi connectivity index (χ0v) is 20.1. The molecule has 0 aliphatic rings. The summed E-state index contributed by atoms with van der Waals surface area (Å²) in [5.74, 6) is 0. The smallest absolute Gasteiger partial charge is 0.135 e. The van der Waals surface area contributed by atoms with Gasteiger partial charge in [0.1, 0.15) is 11.2 Å². The molecule has 0 radical (unpaired) electrons. The van der Waals surface area contributed by atoms with Crippen molar-refractivity contribution in [3.8, 4) is 22.3 Å². The highest BCUT2D eigenvalue weighted by Gasteiger charge is 2.16. The summed E-state index contributed by atoms with van der Waals surface area (Å²) in [4.78, 5) is 0. The van der Waals surface area contributed by atoms with E-state index < -0.39 is 0 Å². The van der Waals surface area contributed by atoms with Crippen LogP contribution in [0.15, 0.2) is 138 Å². The van der Waals surface area contributed by atoms with E-state index in [1.54, 1.807) is 0 Å². The molecule has 0 atom stereocenters. The molecule has 0 spiro atoms. The molecule has 8 aromatic rings. The lowest BCUT2D eigenvalue weighted by molar-refractivity contribution is 0.664. The quantitative estimate of drug-likeness (QED) is 0.245. The summed E-state index contributed by atoms with van der Waals surface area (Å²) in [6.45, 7) is 0. The number of benzene rings is 7. The lowest BCUT2D eigenvalue weighted by atomic mass is 9.89. The Hall–Kier alpha value is -4.88. The van der Waals surface area contributed by atoms with Crippen LogP contribution >= 0.6 is 0 Å². The van der Waals surface area contributed by atoms with E-state index >= 15 is 0 Å². The van der Waals surface area contributed by atoms with Gasteiger partial charge >= 0.3 is 0 Å². The molecule has 0 aliphatic carbocycles. The predicted octanol–water partition coefficient (Wildman–Crippen LogP) is 10.4. The van der Waals surface area contributed by atoms with Crippen molar-refractivity contribution >= 4 is 54.3 Å². The molecule has 0 amide bonds. The van der Waals surface area contributed by atoms with Crippen LogP contribution in [0.25, 0.3) is 76.5 Å². The van der Waals surface area contributed by atoms with Gasteiger partial charge in [-0.3, -0.25) is 0 Å². The average molecular weight is 471 g/mol. The summed E-state index contributed by atoms with van der Waals surface area (Å²) in [5.41, 5.74) is 6.76. The van der Waals surface area contributed by atoms with Crippen LogP contribution in [-0.2, 0) is 0 Å². The van der Waals surface area contributed by atoms with Gasteiger partial charge in [-0.25, -0.2) is 0 Å². The van der Waals surface area contributed by atoms with Gasteiger partial charge < -0.3 is 4.42 Å². The maximum absolute atomic E-state index is 6.60. The Kier molecular flexibility index (Phi) is 4.29. The summed E-state index contributed by atoms with van der Waals surface area (Å²) < 4.78 is 6.60. The summed E-state index contributed by atoms with van der Waals surface area (Å²) in [7, 11) is 0. The monoisotopic (exact) mass is 470 g/mol. The lowest BCUT2D eigenvalue weighted by Gasteiger charge is -2.14. The Morgan fingerprint density at radius 2 is 0.865 bits per heavy atom. The van der Waals surface area contributed by atoms with E-state index in [4.69, 9.17) is 4.42 Å². The molecule has 37 heavy (non-hydrogen) atoms. The SMILES string of the molecule is c1ccc(-c2ccc(-c3ccc4oc5cccc6cccc(c7cccc3c47)c65)c3ccccc23)cc1. The highest BCUT2D eigenvalue weighted by molar-refractivity contribution is 6.25. The maximum Gasteiger partial charge on any atom is 0.135 e. The number of hydrogen-bond donors (Lipinski definition) is 0. The minimum absolute atomic E-state index is 0.906. The maximum atomic E-state index is 6.60. The first kappa shape index (κ1) is 20.3. The van der Waals surface area contributed by atoms with Gasteiger partial charge in [-0.2, -0.15) is 0 Å². The van der Waals surface area contributed by atoms with Crippen LogP contribution in [0.4, 0.5) is 0 Å². The van der Waals surface area contributed by atoms with Crippen LogP contribution in [0.2, 0.25) is 0 Å². The Labute approximate surface area is 214 Å². The molecule has 1 heterocycles. The molecule has 7 aromatic carbocycles. The van der Waals surface area contributed by atoms with Gasteiger partial charge in [-0.05, 0) is 66.7 Å². The van der Waals surface area contributed by atoms with Gasteiger partial charge in [-0.1, -0.05) is 121 Å². The molecule has 172 valence electrons. The van der Waals surface area contributed by atoms with Crippen molar-refractivity contribution in [1.82, 2.24) is 0 Å². The van der Waals surface area contributed by atoms with Crippen LogP contribution in [-0.4, -0.2) is 0 Å². The number of rotatable bonds is 2. The molecule has 8 rings (SSSR count). The van der Waals surface area contributed by atoms with Crippen LogP contribution in [0.5, 0.6) is 0 Å². The molecule has 0 bridgehead atoms. The summed E-state index contributed by atoms with van der Waals surface area (Å²) in [6.07, 6.45) is 0. The van der Waals surface area contributed by atoms with Crippen molar-refractivity contribution in [2.24, 2.45) is 0 Å². The number of fused-ring (bicyclic) bond motifs is 2. The normalized spacial score (nSPS) is 11.8. The van der Waals surface area contributed by atoms with Crippen LogP contribution in [0.1, 0.15) is 0 Å². The van der Waals surface area contributed by atoms with E-state index in [-0.39, 0.29) is 0 Å². The third-order valence-electron chi connectivity index (χ3n) is 7.68. The van der Waals surface area contributed by atoms with Crippen LogP contribution in [0, 0.1) is 0 Å². The molecule has 1 aromatic heterocycles. The minimum Gasteiger partial charge on any atom is -0.456 e. The van der Waals surface area contributed by atoms with E-state index in [1.807, 2.05) is 0 Å². The van der Waals surface area contributed by atoms with E-state index in [9.17, 15) is 0 Å². The average Bonchev–Trinajstić information content (AvgIpc) is 3.10. The fourth-order valence-corrected chi connectivity index (χ4v) is 6.06. The second kappa shape index (κ2) is 7.81. The van der Waals surface area contributed by atoms with Crippen LogP contribution < -0.4 is 0 Å². The van der Waals surface area contributed by atoms with Gasteiger partial charge in [0, 0.05) is 10.8 Å². The summed E-state index contributed by atoms with van der Waals surface area (Å²) in [5, 5.41) is 9.70. The Morgan fingerprint density at radius 3 is 1.70 bits per heavy atom. The van der Waals surface area contributed by atoms with E-state index in [0.29, 0.717) is 0 Å². The zero-order chi connectivity index (χ0) is 24.3. The minimum atomic E-state index is 0.906. The second-order valence-electron chi connectivity index (χ2n) is 9.67. The molecule has 0 saturated carbocycles. The van der Waals surface area contributed by atoms with Crippen LogP contribution in [0.3, 0.4) is 0 Å². The first-order valence-corrected chi connectivity index (χ1v) is 12.7. The van der Waals surface area contributed by atoms with Gasteiger partial charge in [-0.15, -0.1) is 0 Å². The third kappa shape index (κ3) is 2.98. The van der Waals surface area contributed by atoms with Crippen molar-refractivity contribution in [1.29, 1.82) is 0 Å². The van der Waals surface area contributed by atoms with Crippen molar-refractivity contribution < 1.29 is 4.42 Å². The molecule has 0 aliphatic heterocycles. The predicted molar refractivity (Wildman–Crippen MR) is 157 cm³/mol. The Balaban J connectivity index is 1.50. The summed E-state index contributed by atoms with van der Waals surface area (Å²) >= 11 is 0. The molecule has 0 fully saturated rings. The molecule has 1 heteroatoms. The first-order valence-electron chi connectivity index (χ1n) is 12.7. The van der Waals surface area contributed by atoms with E-state index in [1.165, 1.54) is 65.3 Å². The van der Waals surface area contributed by atoms with Crippen molar-refractivity contribution in [3.05, 3.63) is 133 Å². The third-order valence-corrected chi connectivity index (χ3v) is 7.68. The standard InChI is InChI=1S/C36H22O/c1-2-9-23(10-3-1)25-19-20-28(27-14-5-4-13-26(25)27)29-21-22-34-36-30(29)16-8-17-32(36)31-15-6-11-24-12-7-18-33(37-34)35(24)31/h1-22H. The Morgan fingerprint density at radius 1 is 0.324 bits per heavy atom. The molecular formula is C36H22O. The molecule has 0 N–H and O–H groups in total. The molecule has 0 unspecified atom stereocenters. The van der Waals surface area contributed by atoms with Crippen molar-refractivity contribution in [2.75, 3.05) is 0 Å². The summed E-state index contributed by atoms with van der Waals surface area (Å²) in [6, 6.07) is 47.8. The topological polar surface area (TPSA) is 13.1 Å². The van der Waals surface area contributed by atoms with Gasteiger partial charge in [0.15, 0.2) is 0 Å². The second-order valence-corrected chi connectivity index (χ2v) is 9.67. The highest BCUT2D eigenvalue weighted by Crippen LogP contribution is 2.42. The van der Waals surface area contributed by atoms with E-state index in [2.05, 4.69) is 133 Å². The van der Waals surface area contributed by atoms with Gasteiger partial charge in [0.2, 0.25) is 0 Å².